The van der Waals surface area contributed by atoms with Crippen LogP contribution in [0.4, 0.5) is 0 Å². The van der Waals surface area contributed by atoms with Gasteiger partial charge in [-0.1, -0.05) is 72.3 Å². The number of para-hydroxylation sites is 2. The highest BCUT2D eigenvalue weighted by atomic mass is 15.1. The average molecular weight is 348 g/mol. The minimum atomic E-state index is 0.800. The van der Waals surface area contributed by atoms with Gasteiger partial charge in [-0.05, 0) is 47.5 Å². The zero-order valence-corrected chi connectivity index (χ0v) is 15.3. The van der Waals surface area contributed by atoms with E-state index >= 15 is 0 Å². The van der Waals surface area contributed by atoms with E-state index in [2.05, 4.69) is 102 Å². The molecule has 5 rings (SSSR count). The van der Waals surface area contributed by atoms with Gasteiger partial charge in [0.05, 0.1) is 11.0 Å². The molecule has 2 heteroatoms. The summed E-state index contributed by atoms with van der Waals surface area (Å²) in [6, 6.07) is 32.2. The molecular formula is C25H20N2. The van der Waals surface area contributed by atoms with Gasteiger partial charge >= 0.3 is 0 Å². The molecule has 2 nitrogen and oxygen atoms in total. The summed E-state index contributed by atoms with van der Waals surface area (Å²) in [6.07, 6.45) is 0. The van der Waals surface area contributed by atoms with E-state index < -0.39 is 0 Å². The van der Waals surface area contributed by atoms with Crippen LogP contribution in [0.2, 0.25) is 0 Å². The van der Waals surface area contributed by atoms with E-state index in [-0.39, 0.29) is 0 Å². The average Bonchev–Trinajstić information content (AvgIpc) is 3.06. The molecule has 0 N–H and O–H groups in total. The van der Waals surface area contributed by atoms with Crippen molar-refractivity contribution in [2.45, 2.75) is 13.5 Å². The van der Waals surface area contributed by atoms with Gasteiger partial charge in [0.2, 0.25) is 0 Å². The van der Waals surface area contributed by atoms with Crippen molar-refractivity contribution in [3.8, 4) is 11.4 Å². The highest BCUT2D eigenvalue weighted by molar-refractivity contribution is 5.84. The van der Waals surface area contributed by atoms with Crippen molar-refractivity contribution in [1.82, 2.24) is 9.55 Å². The maximum atomic E-state index is 4.95. The molecule has 0 amide bonds. The Morgan fingerprint density at radius 2 is 1.56 bits per heavy atom. The smallest absolute Gasteiger partial charge is 0.141 e. The van der Waals surface area contributed by atoms with E-state index in [0.29, 0.717) is 0 Å². The van der Waals surface area contributed by atoms with Crippen LogP contribution in [0.5, 0.6) is 0 Å². The number of benzene rings is 4. The minimum absolute atomic E-state index is 0.800. The van der Waals surface area contributed by atoms with E-state index in [4.69, 9.17) is 4.98 Å². The van der Waals surface area contributed by atoms with Crippen molar-refractivity contribution < 1.29 is 0 Å². The molecular weight excluding hydrogens is 328 g/mol. The molecule has 0 saturated carbocycles. The van der Waals surface area contributed by atoms with E-state index in [9.17, 15) is 0 Å². The first-order valence-corrected chi connectivity index (χ1v) is 9.28. The van der Waals surface area contributed by atoms with Crippen LogP contribution < -0.4 is 0 Å². The summed E-state index contributed by atoms with van der Waals surface area (Å²) in [6.45, 7) is 2.93. The van der Waals surface area contributed by atoms with Crippen molar-refractivity contribution in [1.29, 1.82) is 0 Å². The lowest BCUT2D eigenvalue weighted by molar-refractivity contribution is 0.835. The van der Waals surface area contributed by atoms with Gasteiger partial charge in [-0.3, -0.25) is 0 Å². The lowest BCUT2D eigenvalue weighted by atomic mass is 10.1. The van der Waals surface area contributed by atoms with Crippen LogP contribution in [0.3, 0.4) is 0 Å². The summed E-state index contributed by atoms with van der Waals surface area (Å²) in [5, 5.41) is 2.55. The van der Waals surface area contributed by atoms with Crippen molar-refractivity contribution in [2.24, 2.45) is 0 Å². The molecule has 5 aromatic rings. The van der Waals surface area contributed by atoms with Crippen LogP contribution in [0.25, 0.3) is 33.2 Å². The van der Waals surface area contributed by atoms with E-state index in [1.807, 2.05) is 0 Å². The molecule has 0 radical (unpaired) electrons. The Bertz CT molecular complexity index is 1260. The summed E-state index contributed by atoms with van der Waals surface area (Å²) in [5.41, 5.74) is 5.89. The topological polar surface area (TPSA) is 17.8 Å². The van der Waals surface area contributed by atoms with Crippen LogP contribution in [0.1, 0.15) is 11.1 Å². The monoisotopic (exact) mass is 348 g/mol. The standard InChI is InChI=1S/C25H20N2/c1-18-7-6-10-22(15-18)25-26-23-11-4-5-12-24(23)27(25)17-19-13-14-20-8-2-3-9-21(20)16-19/h2-16H,17H2,1H3. The Labute approximate surface area is 158 Å². The second-order valence-corrected chi connectivity index (χ2v) is 7.06. The quantitative estimate of drug-likeness (QED) is 0.379. The third kappa shape index (κ3) is 2.89. The second kappa shape index (κ2) is 6.40. The summed E-state index contributed by atoms with van der Waals surface area (Å²) in [5.74, 6) is 1.02. The molecule has 1 aromatic heterocycles. The first kappa shape index (κ1) is 15.8. The summed E-state index contributed by atoms with van der Waals surface area (Å²) < 4.78 is 2.33. The maximum absolute atomic E-state index is 4.95. The minimum Gasteiger partial charge on any atom is -0.319 e. The zero-order chi connectivity index (χ0) is 18.2. The number of rotatable bonds is 3. The Kier molecular flexibility index (Phi) is 3.75. The van der Waals surface area contributed by atoms with Crippen LogP contribution in [-0.4, -0.2) is 9.55 Å². The third-order valence-electron chi connectivity index (χ3n) is 5.09. The van der Waals surface area contributed by atoms with Gasteiger partial charge in [-0.15, -0.1) is 0 Å². The number of hydrogen-bond acceptors (Lipinski definition) is 1. The zero-order valence-electron chi connectivity index (χ0n) is 15.3. The fraction of sp³-hybridized carbons (Fsp3) is 0.0800. The Morgan fingerprint density at radius 1 is 0.741 bits per heavy atom. The molecule has 4 aromatic carbocycles. The molecule has 0 fully saturated rings. The van der Waals surface area contributed by atoms with Crippen molar-refractivity contribution >= 4 is 21.8 Å². The number of fused-ring (bicyclic) bond motifs is 2. The third-order valence-corrected chi connectivity index (χ3v) is 5.09. The highest BCUT2D eigenvalue weighted by Crippen LogP contribution is 2.27. The van der Waals surface area contributed by atoms with Crippen LogP contribution in [0.15, 0.2) is 91.0 Å². The number of aromatic nitrogens is 2. The number of aryl methyl sites for hydroxylation is 1. The molecule has 0 unspecified atom stereocenters. The van der Waals surface area contributed by atoms with Gasteiger partial charge in [-0.25, -0.2) is 4.98 Å². The molecule has 0 atom stereocenters. The molecule has 0 aliphatic carbocycles. The predicted molar refractivity (Wildman–Crippen MR) is 113 cm³/mol. The largest absolute Gasteiger partial charge is 0.319 e. The first-order valence-electron chi connectivity index (χ1n) is 9.28. The van der Waals surface area contributed by atoms with Gasteiger partial charge in [0.25, 0.3) is 0 Å². The van der Waals surface area contributed by atoms with Gasteiger partial charge < -0.3 is 4.57 Å². The highest BCUT2D eigenvalue weighted by Gasteiger charge is 2.13. The van der Waals surface area contributed by atoms with Crippen LogP contribution >= 0.6 is 0 Å². The number of hydrogen-bond donors (Lipinski definition) is 0. The normalized spacial score (nSPS) is 11.3. The van der Waals surface area contributed by atoms with Crippen molar-refractivity contribution in [3.63, 3.8) is 0 Å². The molecule has 27 heavy (non-hydrogen) atoms. The second-order valence-electron chi connectivity index (χ2n) is 7.06. The number of nitrogens with zero attached hydrogens (tertiary/aromatic N) is 2. The summed E-state index contributed by atoms with van der Waals surface area (Å²) in [7, 11) is 0. The summed E-state index contributed by atoms with van der Waals surface area (Å²) >= 11 is 0. The molecule has 0 spiro atoms. The van der Waals surface area contributed by atoms with Crippen LogP contribution in [0, 0.1) is 6.92 Å². The predicted octanol–water partition coefficient (Wildman–Crippen LogP) is 6.21. The Hall–Kier alpha value is -3.39. The van der Waals surface area contributed by atoms with Crippen molar-refractivity contribution in [2.75, 3.05) is 0 Å². The molecule has 0 saturated heterocycles. The lowest BCUT2D eigenvalue weighted by Gasteiger charge is -2.11. The Balaban J connectivity index is 1.67. The molecule has 0 aliphatic rings. The van der Waals surface area contributed by atoms with E-state index in [0.717, 1.165) is 23.4 Å². The van der Waals surface area contributed by atoms with Gasteiger partial charge in [0, 0.05) is 12.1 Å². The van der Waals surface area contributed by atoms with E-state index in [1.54, 1.807) is 0 Å². The maximum Gasteiger partial charge on any atom is 0.141 e. The summed E-state index contributed by atoms with van der Waals surface area (Å²) in [4.78, 5) is 4.95. The molecule has 130 valence electrons. The SMILES string of the molecule is Cc1cccc(-c2nc3ccccc3n2Cc2ccc3ccccc3c2)c1. The van der Waals surface area contributed by atoms with Gasteiger partial charge in [0.1, 0.15) is 5.82 Å². The molecule has 1 heterocycles. The first-order chi connectivity index (χ1) is 13.3. The fourth-order valence-corrected chi connectivity index (χ4v) is 3.76. The van der Waals surface area contributed by atoms with Gasteiger partial charge in [-0.2, -0.15) is 0 Å². The molecule has 0 bridgehead atoms. The fourth-order valence-electron chi connectivity index (χ4n) is 3.76. The van der Waals surface area contributed by atoms with E-state index in [1.165, 1.54) is 27.4 Å². The van der Waals surface area contributed by atoms with Gasteiger partial charge in [0.15, 0.2) is 0 Å². The lowest BCUT2D eigenvalue weighted by Crippen LogP contribution is -2.02. The Morgan fingerprint density at radius 3 is 2.44 bits per heavy atom. The molecule has 0 aliphatic heterocycles. The van der Waals surface area contributed by atoms with Crippen molar-refractivity contribution in [3.05, 3.63) is 102 Å². The van der Waals surface area contributed by atoms with Crippen LogP contribution in [-0.2, 0) is 6.54 Å². The number of imidazole rings is 1.